The minimum Gasteiger partial charge on any atom is -0.298 e. The molecular formula is C7H5NNaO6S+. The molecule has 0 aliphatic carbocycles. The Hall–Kier alpha value is -0.800. The van der Waals surface area contributed by atoms with Crippen molar-refractivity contribution in [3.05, 3.63) is 33.9 Å². The average molecular weight is 254 g/mol. The van der Waals surface area contributed by atoms with Gasteiger partial charge in [-0.1, -0.05) is 0 Å². The van der Waals surface area contributed by atoms with Crippen LogP contribution in [0.15, 0.2) is 23.1 Å². The van der Waals surface area contributed by atoms with Crippen LogP contribution in [0.1, 0.15) is 10.4 Å². The Kier molecular flexibility index (Phi) is 5.23. The molecule has 0 saturated heterocycles. The van der Waals surface area contributed by atoms with E-state index in [0.717, 1.165) is 12.1 Å². The molecule has 1 N–H and O–H groups in total. The second-order valence-electron chi connectivity index (χ2n) is 2.57. The van der Waals surface area contributed by atoms with E-state index in [1.165, 1.54) is 0 Å². The van der Waals surface area contributed by atoms with E-state index < -0.39 is 25.6 Å². The third-order valence-electron chi connectivity index (χ3n) is 1.61. The number of benzene rings is 1. The zero-order chi connectivity index (χ0) is 11.6. The predicted molar refractivity (Wildman–Crippen MR) is 48.3 cm³/mol. The number of hydrogen-bond acceptors (Lipinski definition) is 5. The minimum absolute atomic E-state index is 0. The summed E-state index contributed by atoms with van der Waals surface area (Å²) in [6.07, 6.45) is 0.187. The van der Waals surface area contributed by atoms with Gasteiger partial charge in [0, 0.05) is 17.7 Å². The third kappa shape index (κ3) is 3.35. The summed E-state index contributed by atoms with van der Waals surface area (Å²) in [5, 5.41) is 10.3. The fourth-order valence-electron chi connectivity index (χ4n) is 0.957. The molecule has 0 fully saturated rings. The maximum Gasteiger partial charge on any atom is 1.00 e. The first-order valence-electron chi connectivity index (χ1n) is 3.57. The Balaban J connectivity index is 0.00000225. The molecule has 0 aromatic heterocycles. The molecule has 0 saturated carbocycles. The van der Waals surface area contributed by atoms with Crippen LogP contribution >= 0.6 is 0 Å². The molecule has 0 heterocycles. The van der Waals surface area contributed by atoms with Crippen molar-refractivity contribution in [2.45, 2.75) is 4.90 Å². The summed E-state index contributed by atoms with van der Waals surface area (Å²) in [6.45, 7) is 0. The SMILES string of the molecule is O=Cc1ccc([N+](=O)[O-])cc1S(=O)(=O)O.[Na+]. The standard InChI is InChI=1S/C7H5NO6S.Na/c9-4-5-1-2-6(8(10)11)3-7(5)15(12,13)14;/h1-4H,(H,12,13,14);/q;+1. The van der Waals surface area contributed by atoms with E-state index in [1.807, 2.05) is 0 Å². The second kappa shape index (κ2) is 5.51. The zero-order valence-corrected chi connectivity index (χ0v) is 11.0. The Bertz CT molecular complexity index is 526. The van der Waals surface area contributed by atoms with Crippen LogP contribution in [0.2, 0.25) is 0 Å². The van der Waals surface area contributed by atoms with E-state index in [0.29, 0.717) is 6.07 Å². The molecule has 16 heavy (non-hydrogen) atoms. The quantitative estimate of drug-likeness (QED) is 0.212. The van der Waals surface area contributed by atoms with Gasteiger partial charge in [0.2, 0.25) is 0 Å². The fraction of sp³-hybridized carbons (Fsp3) is 0. The smallest absolute Gasteiger partial charge is 0.298 e. The first-order chi connectivity index (χ1) is 6.86. The van der Waals surface area contributed by atoms with E-state index >= 15 is 0 Å². The van der Waals surface area contributed by atoms with E-state index in [4.69, 9.17) is 4.55 Å². The van der Waals surface area contributed by atoms with Crippen LogP contribution in [0, 0.1) is 10.1 Å². The largest absolute Gasteiger partial charge is 1.00 e. The topological polar surface area (TPSA) is 115 Å². The number of hydrogen-bond donors (Lipinski definition) is 1. The Labute approximate surface area is 113 Å². The van der Waals surface area contributed by atoms with Crippen LogP contribution in [0.3, 0.4) is 0 Å². The molecule has 0 unspecified atom stereocenters. The molecule has 1 aromatic carbocycles. The zero-order valence-electron chi connectivity index (χ0n) is 8.15. The van der Waals surface area contributed by atoms with E-state index in [9.17, 15) is 23.3 Å². The van der Waals surface area contributed by atoms with E-state index in [2.05, 4.69) is 0 Å². The molecular weight excluding hydrogens is 249 g/mol. The number of carbonyl (C=O) groups is 1. The molecule has 0 atom stereocenters. The van der Waals surface area contributed by atoms with Gasteiger partial charge in [0.1, 0.15) is 4.90 Å². The van der Waals surface area contributed by atoms with Crippen molar-refractivity contribution in [2.75, 3.05) is 0 Å². The van der Waals surface area contributed by atoms with Crippen molar-refractivity contribution in [1.82, 2.24) is 0 Å². The molecule has 9 heteroatoms. The number of nitrogens with zero attached hydrogens (tertiary/aromatic N) is 1. The van der Waals surface area contributed by atoms with Gasteiger partial charge >= 0.3 is 29.6 Å². The number of non-ortho nitro benzene ring substituents is 1. The maximum absolute atomic E-state index is 10.8. The molecule has 0 aliphatic heterocycles. The number of nitro groups is 1. The van der Waals surface area contributed by atoms with Crippen molar-refractivity contribution in [2.24, 2.45) is 0 Å². The normalized spacial score (nSPS) is 10.3. The molecule has 0 spiro atoms. The summed E-state index contributed by atoms with van der Waals surface area (Å²) in [5.41, 5.74) is -0.851. The molecule has 1 aromatic rings. The number of rotatable bonds is 3. The minimum atomic E-state index is -4.64. The van der Waals surface area contributed by atoms with Gasteiger partial charge in [0.15, 0.2) is 6.29 Å². The summed E-state index contributed by atoms with van der Waals surface area (Å²) < 4.78 is 30.2. The van der Waals surface area contributed by atoms with Gasteiger partial charge in [-0.25, -0.2) is 0 Å². The number of aldehydes is 1. The molecule has 0 bridgehead atoms. The second-order valence-corrected chi connectivity index (χ2v) is 3.96. The van der Waals surface area contributed by atoms with Crippen molar-refractivity contribution < 1.29 is 52.2 Å². The van der Waals surface area contributed by atoms with E-state index in [1.54, 1.807) is 0 Å². The summed E-state index contributed by atoms with van der Waals surface area (Å²) in [6, 6.07) is 2.55. The molecule has 0 amide bonds. The monoisotopic (exact) mass is 254 g/mol. The number of nitro benzene ring substituents is 1. The summed E-state index contributed by atoms with van der Waals surface area (Å²) in [4.78, 5) is 19.1. The third-order valence-corrected chi connectivity index (χ3v) is 2.52. The van der Waals surface area contributed by atoms with Crippen LogP contribution in [-0.2, 0) is 10.1 Å². The number of carbonyl (C=O) groups excluding carboxylic acids is 1. The summed E-state index contributed by atoms with van der Waals surface area (Å²) >= 11 is 0. The van der Waals surface area contributed by atoms with E-state index in [-0.39, 0.29) is 41.4 Å². The predicted octanol–water partition coefficient (Wildman–Crippen LogP) is -2.34. The Morgan fingerprint density at radius 2 is 1.94 bits per heavy atom. The van der Waals surface area contributed by atoms with Crippen molar-refractivity contribution in [1.29, 1.82) is 0 Å². The van der Waals surface area contributed by atoms with Crippen LogP contribution in [0.5, 0.6) is 0 Å². The molecule has 0 radical (unpaired) electrons. The van der Waals surface area contributed by atoms with Gasteiger partial charge in [-0.05, 0) is 6.07 Å². The van der Waals surface area contributed by atoms with Gasteiger partial charge in [0.05, 0.1) is 4.92 Å². The molecule has 80 valence electrons. The molecule has 0 aliphatic rings. The molecule has 7 nitrogen and oxygen atoms in total. The summed E-state index contributed by atoms with van der Waals surface area (Å²) in [7, 11) is -4.64. The van der Waals surface area contributed by atoms with Crippen molar-refractivity contribution in [3.8, 4) is 0 Å². The first kappa shape index (κ1) is 15.2. The fourth-order valence-corrected chi connectivity index (χ4v) is 1.64. The van der Waals surface area contributed by atoms with Crippen molar-refractivity contribution in [3.63, 3.8) is 0 Å². The van der Waals surface area contributed by atoms with Gasteiger partial charge in [0.25, 0.3) is 15.8 Å². The van der Waals surface area contributed by atoms with Crippen LogP contribution < -0.4 is 29.6 Å². The van der Waals surface area contributed by atoms with Crippen LogP contribution in [0.25, 0.3) is 0 Å². The van der Waals surface area contributed by atoms with Gasteiger partial charge in [-0.2, -0.15) is 8.42 Å². The van der Waals surface area contributed by atoms with Gasteiger partial charge in [-0.15, -0.1) is 0 Å². The van der Waals surface area contributed by atoms with Gasteiger partial charge < -0.3 is 0 Å². The summed E-state index contributed by atoms with van der Waals surface area (Å²) in [5.74, 6) is 0. The van der Waals surface area contributed by atoms with Gasteiger partial charge in [-0.3, -0.25) is 19.5 Å². The first-order valence-corrected chi connectivity index (χ1v) is 5.01. The van der Waals surface area contributed by atoms with Crippen LogP contribution in [0.4, 0.5) is 5.69 Å². The van der Waals surface area contributed by atoms with Crippen molar-refractivity contribution >= 4 is 22.1 Å². The maximum atomic E-state index is 10.8. The molecule has 1 rings (SSSR count). The Morgan fingerprint density at radius 3 is 2.31 bits per heavy atom. The average Bonchev–Trinajstić information content (AvgIpc) is 2.15. The Morgan fingerprint density at radius 1 is 1.38 bits per heavy atom. The van der Waals surface area contributed by atoms with Crippen LogP contribution in [-0.4, -0.2) is 24.2 Å².